The molecule has 0 aromatic heterocycles. The van der Waals surface area contributed by atoms with Crippen LogP contribution >= 0.6 is 0 Å². The quantitative estimate of drug-likeness (QED) is 0.440. The van der Waals surface area contributed by atoms with Crippen molar-refractivity contribution in [2.24, 2.45) is 11.5 Å². The van der Waals surface area contributed by atoms with Crippen molar-refractivity contribution in [1.82, 2.24) is 4.90 Å². The van der Waals surface area contributed by atoms with E-state index in [1.807, 2.05) is 0 Å². The Bertz CT molecular complexity index is 226. The molecule has 12 heavy (non-hydrogen) atoms. The van der Waals surface area contributed by atoms with Crippen molar-refractivity contribution in [3.05, 3.63) is 30.2 Å². The molecule has 66 valence electrons. The Morgan fingerprint density at radius 1 is 1.67 bits per heavy atom. The Kier molecular flexibility index (Phi) is 5.22. The molecule has 0 aliphatic rings. The predicted octanol–water partition coefficient (Wildman–Crippen LogP) is -0.421. The molecule has 0 bridgehead atoms. The summed E-state index contributed by atoms with van der Waals surface area (Å²) < 4.78 is 0. The molecule has 4 N–H and O–H groups in total. The predicted molar refractivity (Wildman–Crippen MR) is 48.5 cm³/mol. The lowest BCUT2D eigenvalue weighted by Gasteiger charge is -2.10. The van der Waals surface area contributed by atoms with Crippen LogP contribution in [0.4, 0.5) is 0 Å². The fourth-order valence-electron chi connectivity index (χ4n) is 0.655. The zero-order valence-corrected chi connectivity index (χ0v) is 7.03. The van der Waals surface area contributed by atoms with Gasteiger partial charge in [0.25, 0.3) is 0 Å². The molecule has 0 heterocycles. The largest absolute Gasteiger partial charge is 0.405 e. The van der Waals surface area contributed by atoms with Gasteiger partial charge in [-0.15, -0.1) is 0 Å². The first-order valence-corrected chi connectivity index (χ1v) is 3.45. The maximum absolute atomic E-state index is 9.89. The van der Waals surface area contributed by atoms with E-state index in [-0.39, 0.29) is 0 Å². The molecule has 0 spiro atoms. The van der Waals surface area contributed by atoms with Gasteiger partial charge >= 0.3 is 0 Å². The zero-order valence-electron chi connectivity index (χ0n) is 7.03. The van der Waals surface area contributed by atoms with Crippen molar-refractivity contribution in [2.45, 2.75) is 0 Å². The van der Waals surface area contributed by atoms with Crippen LogP contribution in [0.25, 0.3) is 0 Å². The first kappa shape index (κ1) is 10.3. The Labute approximate surface area is 71.8 Å². The lowest BCUT2D eigenvalue weighted by Crippen LogP contribution is -2.18. The van der Waals surface area contributed by atoms with E-state index < -0.39 is 0 Å². The monoisotopic (exact) mass is 167 g/mol. The van der Waals surface area contributed by atoms with Gasteiger partial charge in [-0.3, -0.25) is 0 Å². The summed E-state index contributed by atoms with van der Waals surface area (Å²) in [5.74, 6) is 1.65. The fraction of sp³-hybridized carbons (Fsp3) is 0.250. The molecule has 4 heteroatoms. The summed E-state index contributed by atoms with van der Waals surface area (Å²) >= 11 is 0. The highest BCUT2D eigenvalue weighted by molar-refractivity contribution is 5.44. The molecule has 0 radical (unpaired) electrons. The van der Waals surface area contributed by atoms with Gasteiger partial charge in [0.1, 0.15) is 5.94 Å². The molecule has 0 aliphatic carbocycles. The summed E-state index contributed by atoms with van der Waals surface area (Å²) in [7, 11) is 1.73. The van der Waals surface area contributed by atoms with E-state index in [4.69, 9.17) is 11.5 Å². The fourth-order valence-corrected chi connectivity index (χ4v) is 0.655. The molecular formula is C8H13N3O. The maximum atomic E-state index is 9.89. The van der Waals surface area contributed by atoms with Crippen LogP contribution < -0.4 is 11.5 Å². The Morgan fingerprint density at radius 2 is 2.33 bits per heavy atom. The standard InChI is InChI=1S/C8H13N3O/c1-11(5-6-12)7-8(10)3-2-4-9/h2-5H,7,9-10H2,1H3/b4-2-,8-3-. The topological polar surface area (TPSA) is 72.3 Å². The van der Waals surface area contributed by atoms with Gasteiger partial charge in [-0.1, -0.05) is 0 Å². The molecule has 0 aromatic rings. The molecular weight excluding hydrogens is 154 g/mol. The highest BCUT2D eigenvalue weighted by Gasteiger charge is 1.92. The van der Waals surface area contributed by atoms with Crippen molar-refractivity contribution in [1.29, 1.82) is 0 Å². The van der Waals surface area contributed by atoms with Crippen molar-refractivity contribution < 1.29 is 4.79 Å². The number of rotatable bonds is 4. The van der Waals surface area contributed by atoms with Crippen molar-refractivity contribution in [3.8, 4) is 0 Å². The van der Waals surface area contributed by atoms with Gasteiger partial charge < -0.3 is 16.4 Å². The molecule has 0 saturated carbocycles. The van der Waals surface area contributed by atoms with E-state index in [0.29, 0.717) is 12.2 Å². The van der Waals surface area contributed by atoms with E-state index >= 15 is 0 Å². The SMILES string of the molecule is CN(C=C=O)C/C(N)=C/C=C\N. The lowest BCUT2D eigenvalue weighted by atomic mass is 10.4. The third-order valence-electron chi connectivity index (χ3n) is 1.13. The van der Waals surface area contributed by atoms with Crippen LogP contribution in [0.15, 0.2) is 30.2 Å². The first-order valence-electron chi connectivity index (χ1n) is 3.45. The Balaban J connectivity index is 3.98. The normalized spacial score (nSPS) is 11.2. The third kappa shape index (κ3) is 5.14. The molecule has 0 unspecified atom stereocenters. The Hall–Kier alpha value is -1.67. The van der Waals surface area contributed by atoms with Crippen LogP contribution in [0.1, 0.15) is 0 Å². The summed E-state index contributed by atoms with van der Waals surface area (Å²) in [6.45, 7) is 0.486. The highest BCUT2D eigenvalue weighted by atomic mass is 16.1. The molecule has 4 nitrogen and oxygen atoms in total. The van der Waals surface area contributed by atoms with E-state index in [9.17, 15) is 4.79 Å². The van der Waals surface area contributed by atoms with E-state index in [0.717, 1.165) is 0 Å². The smallest absolute Gasteiger partial charge is 0.142 e. The van der Waals surface area contributed by atoms with Crippen molar-refractivity contribution in [3.63, 3.8) is 0 Å². The van der Waals surface area contributed by atoms with Gasteiger partial charge in [-0.05, 0) is 18.4 Å². The van der Waals surface area contributed by atoms with Crippen LogP contribution in [-0.4, -0.2) is 24.4 Å². The van der Waals surface area contributed by atoms with Crippen LogP contribution in [0.2, 0.25) is 0 Å². The summed E-state index contributed by atoms with van der Waals surface area (Å²) in [5, 5.41) is 0. The van der Waals surface area contributed by atoms with Gasteiger partial charge in [-0.2, -0.15) is 0 Å². The minimum Gasteiger partial charge on any atom is -0.405 e. The van der Waals surface area contributed by atoms with E-state index in [1.54, 1.807) is 30.0 Å². The summed E-state index contributed by atoms with van der Waals surface area (Å²) in [5.41, 5.74) is 11.3. The van der Waals surface area contributed by atoms with Crippen molar-refractivity contribution >= 4 is 5.94 Å². The molecule has 0 fully saturated rings. The second kappa shape index (κ2) is 6.07. The lowest BCUT2D eigenvalue weighted by molar-refractivity contribution is 0.490. The summed E-state index contributed by atoms with van der Waals surface area (Å²) in [4.78, 5) is 11.5. The minimum atomic E-state index is 0.486. The average molecular weight is 167 g/mol. The second-order valence-corrected chi connectivity index (χ2v) is 2.29. The molecule has 0 amide bonds. The first-order chi connectivity index (χ1) is 5.70. The molecule has 0 aliphatic heterocycles. The number of nitrogens with two attached hydrogens (primary N) is 2. The van der Waals surface area contributed by atoms with Crippen LogP contribution in [0, 0.1) is 0 Å². The summed E-state index contributed by atoms with van der Waals surface area (Å²) in [6.07, 6.45) is 5.98. The van der Waals surface area contributed by atoms with Gasteiger partial charge in [0.2, 0.25) is 0 Å². The zero-order chi connectivity index (χ0) is 9.40. The van der Waals surface area contributed by atoms with Crippen LogP contribution in [0.5, 0.6) is 0 Å². The molecule has 0 rings (SSSR count). The number of likely N-dealkylation sites (N-methyl/N-ethyl adjacent to an activating group) is 1. The van der Waals surface area contributed by atoms with Crippen LogP contribution in [0.3, 0.4) is 0 Å². The molecule has 0 atom stereocenters. The van der Waals surface area contributed by atoms with Gasteiger partial charge in [-0.25, -0.2) is 4.79 Å². The van der Waals surface area contributed by atoms with Gasteiger partial charge in [0, 0.05) is 12.7 Å². The third-order valence-corrected chi connectivity index (χ3v) is 1.13. The molecule has 0 saturated heterocycles. The van der Waals surface area contributed by atoms with E-state index in [2.05, 4.69) is 0 Å². The molecule has 0 aromatic carbocycles. The summed E-state index contributed by atoms with van der Waals surface area (Å²) in [6, 6.07) is 0. The van der Waals surface area contributed by atoms with Gasteiger partial charge in [0.05, 0.1) is 12.7 Å². The minimum absolute atomic E-state index is 0.486. The second-order valence-electron chi connectivity index (χ2n) is 2.29. The number of hydrogen-bond donors (Lipinski definition) is 2. The highest BCUT2D eigenvalue weighted by Crippen LogP contribution is 1.89. The van der Waals surface area contributed by atoms with Crippen LogP contribution in [-0.2, 0) is 4.79 Å². The average Bonchev–Trinajstić information content (AvgIpc) is 2.01. The van der Waals surface area contributed by atoms with Crippen molar-refractivity contribution in [2.75, 3.05) is 13.6 Å². The number of carbonyl (C=O) groups excluding carboxylic acids is 1. The Morgan fingerprint density at radius 3 is 2.83 bits per heavy atom. The van der Waals surface area contributed by atoms with Gasteiger partial charge in [0.15, 0.2) is 0 Å². The number of nitrogens with zero attached hydrogens (tertiary/aromatic N) is 1. The maximum Gasteiger partial charge on any atom is 0.142 e. The number of allylic oxidation sites excluding steroid dienone is 2. The van der Waals surface area contributed by atoms with E-state index in [1.165, 1.54) is 12.4 Å². The number of hydrogen-bond acceptors (Lipinski definition) is 4.